The van der Waals surface area contributed by atoms with E-state index in [1.54, 1.807) is 0 Å². The topological polar surface area (TPSA) is 15.3 Å². The van der Waals surface area contributed by atoms with Gasteiger partial charge in [0, 0.05) is 31.4 Å². The van der Waals surface area contributed by atoms with Crippen LogP contribution >= 0.6 is 0 Å². The standard InChI is InChI=1S/C16H26N2/c1-13(2)12-18(15-8-9-15)11-10-17-16-7-5-4-6-14(16)3/h4-7,13,15,17H,8-12H2,1-3H3. The number of aryl methyl sites for hydroxylation is 1. The fourth-order valence-electron chi connectivity index (χ4n) is 2.44. The number of hydrogen-bond acceptors (Lipinski definition) is 2. The van der Waals surface area contributed by atoms with Crippen molar-refractivity contribution in [1.82, 2.24) is 4.90 Å². The molecule has 1 aliphatic rings. The first-order chi connectivity index (χ1) is 8.66. The Labute approximate surface area is 111 Å². The van der Waals surface area contributed by atoms with Crippen molar-refractivity contribution >= 4 is 5.69 Å². The molecule has 0 aliphatic heterocycles. The Kier molecular flexibility index (Phi) is 4.65. The molecule has 1 fully saturated rings. The third kappa shape index (κ3) is 4.02. The van der Waals surface area contributed by atoms with Crippen LogP contribution in [0.4, 0.5) is 5.69 Å². The Morgan fingerprint density at radius 2 is 2.00 bits per heavy atom. The van der Waals surface area contributed by atoms with Crippen LogP contribution in [0.3, 0.4) is 0 Å². The van der Waals surface area contributed by atoms with Gasteiger partial charge in [0.25, 0.3) is 0 Å². The predicted octanol–water partition coefficient (Wildman–Crippen LogP) is 3.53. The summed E-state index contributed by atoms with van der Waals surface area (Å²) in [6, 6.07) is 9.39. The van der Waals surface area contributed by atoms with Gasteiger partial charge in [-0.05, 0) is 37.3 Å². The van der Waals surface area contributed by atoms with Crippen LogP contribution in [0, 0.1) is 12.8 Å². The summed E-state index contributed by atoms with van der Waals surface area (Å²) >= 11 is 0. The second-order valence-electron chi connectivity index (χ2n) is 5.86. The van der Waals surface area contributed by atoms with E-state index >= 15 is 0 Å². The maximum Gasteiger partial charge on any atom is 0.0370 e. The lowest BCUT2D eigenvalue weighted by atomic mass is 10.2. The molecular weight excluding hydrogens is 220 g/mol. The molecule has 0 unspecified atom stereocenters. The molecular formula is C16H26N2. The Morgan fingerprint density at radius 3 is 2.61 bits per heavy atom. The Morgan fingerprint density at radius 1 is 1.28 bits per heavy atom. The summed E-state index contributed by atoms with van der Waals surface area (Å²) in [6.45, 7) is 10.2. The van der Waals surface area contributed by atoms with Crippen LogP contribution in [-0.2, 0) is 0 Å². The lowest BCUT2D eigenvalue weighted by Crippen LogP contribution is -2.34. The Balaban J connectivity index is 1.78. The molecule has 0 spiro atoms. The van der Waals surface area contributed by atoms with E-state index in [0.29, 0.717) is 0 Å². The normalized spacial score (nSPS) is 15.4. The molecule has 1 aromatic rings. The van der Waals surface area contributed by atoms with Crippen LogP contribution in [0.5, 0.6) is 0 Å². The molecule has 100 valence electrons. The van der Waals surface area contributed by atoms with E-state index in [1.807, 2.05) is 0 Å². The van der Waals surface area contributed by atoms with Crippen molar-refractivity contribution in [1.29, 1.82) is 0 Å². The van der Waals surface area contributed by atoms with Crippen molar-refractivity contribution in [3.05, 3.63) is 29.8 Å². The van der Waals surface area contributed by atoms with Crippen molar-refractivity contribution < 1.29 is 0 Å². The van der Waals surface area contributed by atoms with Crippen molar-refractivity contribution in [3.63, 3.8) is 0 Å². The summed E-state index contributed by atoms with van der Waals surface area (Å²) < 4.78 is 0. The van der Waals surface area contributed by atoms with E-state index in [0.717, 1.165) is 25.0 Å². The Hall–Kier alpha value is -1.02. The number of para-hydroxylation sites is 1. The van der Waals surface area contributed by atoms with Gasteiger partial charge in [0.05, 0.1) is 0 Å². The lowest BCUT2D eigenvalue weighted by Gasteiger charge is -2.24. The van der Waals surface area contributed by atoms with Gasteiger partial charge in [-0.3, -0.25) is 4.90 Å². The first-order valence-corrected chi connectivity index (χ1v) is 7.20. The molecule has 2 heteroatoms. The molecule has 1 N–H and O–H groups in total. The molecule has 2 nitrogen and oxygen atoms in total. The van der Waals surface area contributed by atoms with E-state index < -0.39 is 0 Å². The monoisotopic (exact) mass is 246 g/mol. The van der Waals surface area contributed by atoms with Gasteiger partial charge in [-0.2, -0.15) is 0 Å². The summed E-state index contributed by atoms with van der Waals surface area (Å²) in [4.78, 5) is 2.65. The van der Waals surface area contributed by atoms with E-state index in [2.05, 4.69) is 55.3 Å². The molecule has 0 bridgehead atoms. The SMILES string of the molecule is Cc1ccccc1NCCN(CC(C)C)C1CC1. The molecule has 2 rings (SSSR count). The first-order valence-electron chi connectivity index (χ1n) is 7.20. The van der Waals surface area contributed by atoms with Gasteiger partial charge >= 0.3 is 0 Å². The molecule has 0 amide bonds. The molecule has 1 saturated carbocycles. The molecule has 18 heavy (non-hydrogen) atoms. The van der Waals surface area contributed by atoms with Crippen LogP contribution in [-0.4, -0.2) is 30.6 Å². The van der Waals surface area contributed by atoms with Gasteiger partial charge in [-0.15, -0.1) is 0 Å². The van der Waals surface area contributed by atoms with Crippen LogP contribution in [0.15, 0.2) is 24.3 Å². The molecule has 0 radical (unpaired) electrons. The summed E-state index contributed by atoms with van der Waals surface area (Å²) in [5.74, 6) is 0.768. The number of rotatable bonds is 7. The summed E-state index contributed by atoms with van der Waals surface area (Å²) in [6.07, 6.45) is 2.80. The van der Waals surface area contributed by atoms with Crippen LogP contribution in [0.1, 0.15) is 32.3 Å². The molecule has 0 saturated heterocycles. The van der Waals surface area contributed by atoms with Gasteiger partial charge in [-0.1, -0.05) is 32.0 Å². The van der Waals surface area contributed by atoms with Gasteiger partial charge in [0.1, 0.15) is 0 Å². The highest BCUT2D eigenvalue weighted by atomic mass is 15.2. The third-order valence-electron chi connectivity index (χ3n) is 3.52. The minimum atomic E-state index is 0.768. The zero-order chi connectivity index (χ0) is 13.0. The number of benzene rings is 1. The van der Waals surface area contributed by atoms with Crippen molar-refractivity contribution in [2.45, 2.75) is 39.7 Å². The quantitative estimate of drug-likeness (QED) is 0.792. The fourth-order valence-corrected chi connectivity index (χ4v) is 2.44. The molecule has 1 aliphatic carbocycles. The maximum absolute atomic E-state index is 3.56. The molecule has 0 aromatic heterocycles. The number of nitrogens with zero attached hydrogens (tertiary/aromatic N) is 1. The maximum atomic E-state index is 3.56. The summed E-state index contributed by atoms with van der Waals surface area (Å²) in [5.41, 5.74) is 2.61. The third-order valence-corrected chi connectivity index (χ3v) is 3.52. The zero-order valence-electron chi connectivity index (χ0n) is 11.9. The molecule has 1 aromatic carbocycles. The number of hydrogen-bond donors (Lipinski definition) is 1. The first kappa shape index (κ1) is 13.4. The minimum Gasteiger partial charge on any atom is -0.384 e. The average molecular weight is 246 g/mol. The van der Waals surface area contributed by atoms with E-state index in [9.17, 15) is 0 Å². The fraction of sp³-hybridized carbons (Fsp3) is 0.625. The van der Waals surface area contributed by atoms with E-state index in [4.69, 9.17) is 0 Å². The predicted molar refractivity (Wildman–Crippen MR) is 79.1 cm³/mol. The summed E-state index contributed by atoms with van der Waals surface area (Å²) in [5, 5.41) is 3.56. The van der Waals surface area contributed by atoms with Gasteiger partial charge < -0.3 is 5.32 Å². The largest absolute Gasteiger partial charge is 0.384 e. The van der Waals surface area contributed by atoms with E-state index in [1.165, 1.54) is 30.6 Å². The van der Waals surface area contributed by atoms with Crippen molar-refractivity contribution in [3.8, 4) is 0 Å². The minimum absolute atomic E-state index is 0.768. The second-order valence-corrected chi connectivity index (χ2v) is 5.86. The number of anilines is 1. The average Bonchev–Trinajstić information content (AvgIpc) is 3.14. The van der Waals surface area contributed by atoms with Gasteiger partial charge in [0.2, 0.25) is 0 Å². The smallest absolute Gasteiger partial charge is 0.0370 e. The van der Waals surface area contributed by atoms with Gasteiger partial charge in [0.15, 0.2) is 0 Å². The summed E-state index contributed by atoms with van der Waals surface area (Å²) in [7, 11) is 0. The highest BCUT2D eigenvalue weighted by Crippen LogP contribution is 2.27. The highest BCUT2D eigenvalue weighted by molar-refractivity contribution is 5.50. The highest BCUT2D eigenvalue weighted by Gasteiger charge is 2.28. The van der Waals surface area contributed by atoms with Crippen LogP contribution in [0.2, 0.25) is 0 Å². The van der Waals surface area contributed by atoms with Crippen LogP contribution < -0.4 is 5.32 Å². The van der Waals surface area contributed by atoms with Crippen molar-refractivity contribution in [2.75, 3.05) is 25.0 Å². The van der Waals surface area contributed by atoms with Gasteiger partial charge in [-0.25, -0.2) is 0 Å². The Bertz CT molecular complexity index is 369. The lowest BCUT2D eigenvalue weighted by molar-refractivity contribution is 0.243. The van der Waals surface area contributed by atoms with Crippen LogP contribution in [0.25, 0.3) is 0 Å². The second kappa shape index (κ2) is 6.24. The number of nitrogens with one attached hydrogen (secondary N) is 1. The molecule has 0 heterocycles. The zero-order valence-corrected chi connectivity index (χ0v) is 11.9. The molecule has 0 atom stereocenters. The van der Waals surface area contributed by atoms with Crippen molar-refractivity contribution in [2.24, 2.45) is 5.92 Å². The van der Waals surface area contributed by atoms with E-state index in [-0.39, 0.29) is 0 Å².